The van der Waals surface area contributed by atoms with Crippen LogP contribution in [-0.2, 0) is 0 Å². The molecular formula is C13H22. The third-order valence-corrected chi connectivity index (χ3v) is 4.48. The van der Waals surface area contributed by atoms with E-state index in [1.165, 1.54) is 32.1 Å². The Balaban J connectivity index is 2.28. The molecule has 0 aromatic carbocycles. The zero-order chi connectivity index (χ0) is 9.47. The topological polar surface area (TPSA) is 0 Å². The van der Waals surface area contributed by atoms with E-state index in [4.69, 9.17) is 0 Å². The molecule has 0 bridgehead atoms. The predicted molar refractivity (Wildman–Crippen MR) is 57.6 cm³/mol. The van der Waals surface area contributed by atoms with Gasteiger partial charge in [0.25, 0.3) is 0 Å². The van der Waals surface area contributed by atoms with Gasteiger partial charge in [-0.25, -0.2) is 0 Å². The van der Waals surface area contributed by atoms with Crippen molar-refractivity contribution in [2.24, 2.45) is 17.3 Å². The maximum atomic E-state index is 2.55. The summed E-state index contributed by atoms with van der Waals surface area (Å²) in [6.07, 6.45) is 9.66. The Hall–Kier alpha value is -0.260. The molecule has 0 heteroatoms. The van der Waals surface area contributed by atoms with E-state index < -0.39 is 0 Å². The highest BCUT2D eigenvalue weighted by molar-refractivity contribution is 5.21. The minimum Gasteiger partial charge on any atom is -0.0845 e. The van der Waals surface area contributed by atoms with Gasteiger partial charge in [-0.05, 0) is 49.4 Å². The van der Waals surface area contributed by atoms with Gasteiger partial charge in [0.15, 0.2) is 0 Å². The first-order chi connectivity index (χ1) is 6.12. The summed E-state index contributed by atoms with van der Waals surface area (Å²) in [5.41, 5.74) is 2.28. The summed E-state index contributed by atoms with van der Waals surface area (Å²) in [6.45, 7) is 7.31. The second kappa shape index (κ2) is 3.15. The van der Waals surface area contributed by atoms with E-state index in [1.807, 2.05) is 0 Å². The first-order valence-electron chi connectivity index (χ1n) is 5.83. The number of fused-ring (bicyclic) bond motifs is 1. The number of hydrogen-bond donors (Lipinski definition) is 0. The summed E-state index contributed by atoms with van der Waals surface area (Å²) >= 11 is 0. The molecule has 0 spiro atoms. The maximum absolute atomic E-state index is 2.55. The third kappa shape index (κ3) is 1.45. The van der Waals surface area contributed by atoms with E-state index >= 15 is 0 Å². The number of allylic oxidation sites excluding steroid dienone is 2. The van der Waals surface area contributed by atoms with Gasteiger partial charge in [0.05, 0.1) is 0 Å². The van der Waals surface area contributed by atoms with Crippen molar-refractivity contribution in [2.45, 2.75) is 52.9 Å². The van der Waals surface area contributed by atoms with Crippen molar-refractivity contribution in [3.05, 3.63) is 11.6 Å². The van der Waals surface area contributed by atoms with Gasteiger partial charge in [0.1, 0.15) is 0 Å². The third-order valence-electron chi connectivity index (χ3n) is 4.48. The largest absolute Gasteiger partial charge is 0.0845 e. The van der Waals surface area contributed by atoms with E-state index in [1.54, 1.807) is 5.57 Å². The molecule has 0 N–H and O–H groups in total. The molecule has 0 heterocycles. The zero-order valence-corrected chi connectivity index (χ0v) is 9.27. The van der Waals surface area contributed by atoms with Crippen LogP contribution in [0.3, 0.4) is 0 Å². The first kappa shape index (κ1) is 9.30. The highest BCUT2D eigenvalue weighted by Gasteiger charge is 2.38. The van der Waals surface area contributed by atoms with E-state index in [2.05, 4.69) is 26.8 Å². The fourth-order valence-corrected chi connectivity index (χ4v) is 3.13. The smallest absolute Gasteiger partial charge is 0.0116 e. The Morgan fingerprint density at radius 2 is 2.00 bits per heavy atom. The normalized spacial score (nSPS) is 37.9. The highest BCUT2D eigenvalue weighted by Crippen LogP contribution is 2.50. The standard InChI is InChI=1S/C13H22/c1-10-8-9-11-6-4-5-7-12(11)13(10,2)3/h7,10-11H,4-6,8-9H2,1-3H3. The molecule has 0 aromatic rings. The van der Waals surface area contributed by atoms with Crippen LogP contribution in [0.1, 0.15) is 52.9 Å². The van der Waals surface area contributed by atoms with Crippen LogP contribution < -0.4 is 0 Å². The summed E-state index contributed by atoms with van der Waals surface area (Å²) in [5.74, 6) is 1.83. The molecule has 2 unspecified atom stereocenters. The molecular weight excluding hydrogens is 156 g/mol. The Morgan fingerprint density at radius 1 is 1.23 bits per heavy atom. The van der Waals surface area contributed by atoms with Gasteiger partial charge in [0, 0.05) is 0 Å². The van der Waals surface area contributed by atoms with Crippen LogP contribution in [0, 0.1) is 17.3 Å². The summed E-state index contributed by atoms with van der Waals surface area (Å²) in [7, 11) is 0. The Kier molecular flexibility index (Phi) is 2.25. The van der Waals surface area contributed by atoms with Crippen molar-refractivity contribution in [3.63, 3.8) is 0 Å². The SMILES string of the molecule is CC1CCC2CCCC=C2C1(C)C. The molecule has 2 aliphatic rings. The van der Waals surface area contributed by atoms with Crippen LogP contribution in [0.15, 0.2) is 11.6 Å². The lowest BCUT2D eigenvalue weighted by atomic mass is 9.60. The van der Waals surface area contributed by atoms with Crippen LogP contribution in [-0.4, -0.2) is 0 Å². The molecule has 0 amide bonds. The summed E-state index contributed by atoms with van der Waals surface area (Å²) < 4.78 is 0. The lowest BCUT2D eigenvalue weighted by Crippen LogP contribution is -2.34. The van der Waals surface area contributed by atoms with Gasteiger partial charge in [-0.15, -0.1) is 0 Å². The van der Waals surface area contributed by atoms with Gasteiger partial charge < -0.3 is 0 Å². The van der Waals surface area contributed by atoms with Crippen molar-refractivity contribution in [3.8, 4) is 0 Å². The molecule has 1 fully saturated rings. The summed E-state index contributed by atoms with van der Waals surface area (Å²) in [4.78, 5) is 0. The van der Waals surface area contributed by atoms with Gasteiger partial charge in [-0.3, -0.25) is 0 Å². The molecule has 0 radical (unpaired) electrons. The van der Waals surface area contributed by atoms with Gasteiger partial charge >= 0.3 is 0 Å². The molecule has 1 saturated carbocycles. The van der Waals surface area contributed by atoms with Crippen molar-refractivity contribution in [2.75, 3.05) is 0 Å². The van der Waals surface area contributed by atoms with E-state index in [-0.39, 0.29) is 0 Å². The molecule has 2 atom stereocenters. The highest BCUT2D eigenvalue weighted by atomic mass is 14.4. The molecule has 2 aliphatic carbocycles. The Bertz CT molecular complexity index is 222. The minimum atomic E-state index is 0.489. The fourth-order valence-electron chi connectivity index (χ4n) is 3.13. The van der Waals surface area contributed by atoms with Gasteiger partial charge in [-0.1, -0.05) is 32.4 Å². The van der Waals surface area contributed by atoms with Crippen LogP contribution in [0.25, 0.3) is 0 Å². The van der Waals surface area contributed by atoms with Crippen molar-refractivity contribution >= 4 is 0 Å². The molecule has 0 aromatic heterocycles. The second-order valence-corrected chi connectivity index (χ2v) is 5.49. The van der Waals surface area contributed by atoms with E-state index in [0.717, 1.165) is 11.8 Å². The van der Waals surface area contributed by atoms with Gasteiger partial charge in [0.2, 0.25) is 0 Å². The Morgan fingerprint density at radius 3 is 2.77 bits per heavy atom. The van der Waals surface area contributed by atoms with E-state index in [0.29, 0.717) is 5.41 Å². The maximum Gasteiger partial charge on any atom is -0.0116 e. The monoisotopic (exact) mass is 178 g/mol. The van der Waals surface area contributed by atoms with Crippen molar-refractivity contribution in [1.82, 2.24) is 0 Å². The first-order valence-corrected chi connectivity index (χ1v) is 5.83. The Labute approximate surface area is 82.4 Å². The average Bonchev–Trinajstić information content (AvgIpc) is 2.13. The van der Waals surface area contributed by atoms with Crippen molar-refractivity contribution < 1.29 is 0 Å². The lowest BCUT2D eigenvalue weighted by Gasteiger charge is -2.45. The number of hydrogen-bond acceptors (Lipinski definition) is 0. The van der Waals surface area contributed by atoms with E-state index in [9.17, 15) is 0 Å². The molecule has 74 valence electrons. The van der Waals surface area contributed by atoms with Crippen LogP contribution in [0.5, 0.6) is 0 Å². The predicted octanol–water partition coefficient (Wildman–Crippen LogP) is 4.17. The fraction of sp³-hybridized carbons (Fsp3) is 0.846. The molecule has 2 rings (SSSR count). The average molecular weight is 178 g/mol. The van der Waals surface area contributed by atoms with Crippen molar-refractivity contribution in [1.29, 1.82) is 0 Å². The molecule has 0 nitrogen and oxygen atoms in total. The van der Waals surface area contributed by atoms with Crippen LogP contribution in [0.2, 0.25) is 0 Å². The molecule has 13 heavy (non-hydrogen) atoms. The summed E-state index contributed by atoms with van der Waals surface area (Å²) in [5, 5.41) is 0. The quantitative estimate of drug-likeness (QED) is 0.488. The molecule has 0 aliphatic heterocycles. The second-order valence-electron chi connectivity index (χ2n) is 5.49. The number of rotatable bonds is 0. The summed E-state index contributed by atoms with van der Waals surface area (Å²) in [6, 6.07) is 0. The van der Waals surface area contributed by atoms with Gasteiger partial charge in [-0.2, -0.15) is 0 Å². The minimum absolute atomic E-state index is 0.489. The zero-order valence-electron chi connectivity index (χ0n) is 9.27. The van der Waals surface area contributed by atoms with Crippen LogP contribution >= 0.6 is 0 Å². The lowest BCUT2D eigenvalue weighted by molar-refractivity contribution is 0.176. The van der Waals surface area contributed by atoms with Crippen LogP contribution in [0.4, 0.5) is 0 Å². The molecule has 0 saturated heterocycles.